The largest absolute Gasteiger partial charge is 0.371 e. The summed E-state index contributed by atoms with van der Waals surface area (Å²) < 4.78 is 13.1. The van der Waals surface area contributed by atoms with Crippen molar-refractivity contribution in [3.8, 4) is 0 Å². The lowest BCUT2D eigenvalue weighted by molar-refractivity contribution is -0.115. The first-order valence-corrected chi connectivity index (χ1v) is 10.6. The summed E-state index contributed by atoms with van der Waals surface area (Å²) >= 11 is 0. The quantitative estimate of drug-likeness (QED) is 0.742. The van der Waals surface area contributed by atoms with Gasteiger partial charge in [-0.2, -0.15) is 0 Å². The molecular formula is C24H30FN3O2. The van der Waals surface area contributed by atoms with Gasteiger partial charge in [0, 0.05) is 30.5 Å². The summed E-state index contributed by atoms with van der Waals surface area (Å²) in [5.41, 5.74) is 2.77. The number of carbonyl (C=O) groups excluding carboxylic acids is 2. The van der Waals surface area contributed by atoms with Gasteiger partial charge in [-0.15, -0.1) is 0 Å². The van der Waals surface area contributed by atoms with Crippen molar-refractivity contribution in [2.75, 3.05) is 23.3 Å². The maximum Gasteiger partial charge on any atom is 0.253 e. The average molecular weight is 412 g/mol. The standard InChI is InChI=1S/C24H30FN3O2/c1-16(2)26-24(30)21-15-20(8-9-22(21)28-12-10-17(3)11-13-28)27-23(29)14-18-4-6-19(25)7-5-18/h4-9,15-17H,10-14H2,1-3H3,(H,26,30)(H,27,29). The minimum atomic E-state index is -0.331. The van der Waals surface area contributed by atoms with Crippen LogP contribution in [0.1, 0.15) is 49.5 Å². The van der Waals surface area contributed by atoms with Crippen LogP contribution in [0.2, 0.25) is 0 Å². The van der Waals surface area contributed by atoms with Crippen LogP contribution in [0.3, 0.4) is 0 Å². The third-order valence-electron chi connectivity index (χ3n) is 5.35. The van der Waals surface area contributed by atoms with Crippen LogP contribution in [-0.4, -0.2) is 30.9 Å². The molecule has 1 heterocycles. The van der Waals surface area contributed by atoms with Gasteiger partial charge in [-0.1, -0.05) is 19.1 Å². The molecule has 0 atom stereocenters. The second kappa shape index (κ2) is 9.74. The van der Waals surface area contributed by atoms with Crippen LogP contribution < -0.4 is 15.5 Å². The summed E-state index contributed by atoms with van der Waals surface area (Å²) in [6.45, 7) is 7.94. The van der Waals surface area contributed by atoms with E-state index in [1.54, 1.807) is 18.2 Å². The Hall–Kier alpha value is -2.89. The summed E-state index contributed by atoms with van der Waals surface area (Å²) in [5, 5.41) is 5.82. The molecule has 2 amide bonds. The van der Waals surface area contributed by atoms with Crippen LogP contribution in [0.15, 0.2) is 42.5 Å². The van der Waals surface area contributed by atoms with Crippen LogP contribution >= 0.6 is 0 Å². The summed E-state index contributed by atoms with van der Waals surface area (Å²) in [6.07, 6.45) is 2.34. The molecule has 1 fully saturated rings. The normalized spacial score (nSPS) is 14.6. The minimum Gasteiger partial charge on any atom is -0.371 e. The molecule has 30 heavy (non-hydrogen) atoms. The topological polar surface area (TPSA) is 61.4 Å². The van der Waals surface area contributed by atoms with Gasteiger partial charge in [0.15, 0.2) is 0 Å². The van der Waals surface area contributed by atoms with Crippen LogP contribution in [-0.2, 0) is 11.2 Å². The Bertz CT molecular complexity index is 888. The van der Waals surface area contributed by atoms with Crippen LogP contribution in [0.25, 0.3) is 0 Å². The monoisotopic (exact) mass is 411 g/mol. The predicted octanol–water partition coefficient (Wildman–Crippen LogP) is 4.38. The van der Waals surface area contributed by atoms with E-state index in [9.17, 15) is 14.0 Å². The van der Waals surface area contributed by atoms with Crippen LogP contribution in [0, 0.1) is 11.7 Å². The highest BCUT2D eigenvalue weighted by Gasteiger charge is 2.22. The van der Waals surface area contributed by atoms with Crippen molar-refractivity contribution in [2.45, 2.75) is 46.1 Å². The second-order valence-corrected chi connectivity index (χ2v) is 8.38. The molecule has 2 N–H and O–H groups in total. The number of piperidine rings is 1. The summed E-state index contributed by atoms with van der Waals surface area (Å²) in [7, 11) is 0. The lowest BCUT2D eigenvalue weighted by Crippen LogP contribution is -2.36. The molecule has 3 rings (SSSR count). The Labute approximate surface area is 177 Å². The van der Waals surface area contributed by atoms with Crippen LogP contribution in [0.4, 0.5) is 15.8 Å². The average Bonchev–Trinajstić information content (AvgIpc) is 2.70. The van der Waals surface area contributed by atoms with Gasteiger partial charge in [0.25, 0.3) is 5.91 Å². The third-order valence-corrected chi connectivity index (χ3v) is 5.35. The maximum atomic E-state index is 13.1. The fourth-order valence-corrected chi connectivity index (χ4v) is 3.65. The molecule has 0 bridgehead atoms. The number of carbonyl (C=O) groups is 2. The lowest BCUT2D eigenvalue weighted by atomic mass is 9.97. The van der Waals surface area contributed by atoms with E-state index in [4.69, 9.17) is 0 Å². The molecule has 160 valence electrons. The van der Waals surface area contributed by atoms with Crippen molar-refractivity contribution in [1.82, 2.24) is 5.32 Å². The zero-order chi connectivity index (χ0) is 21.7. The first kappa shape index (κ1) is 21.8. The highest BCUT2D eigenvalue weighted by atomic mass is 19.1. The van der Waals surface area contributed by atoms with Gasteiger partial charge in [0.2, 0.25) is 5.91 Å². The molecule has 0 unspecified atom stereocenters. The first-order valence-electron chi connectivity index (χ1n) is 10.6. The number of amides is 2. The fourth-order valence-electron chi connectivity index (χ4n) is 3.65. The number of halogens is 1. The zero-order valence-corrected chi connectivity index (χ0v) is 17.9. The Balaban J connectivity index is 1.78. The summed E-state index contributed by atoms with van der Waals surface area (Å²) in [5.74, 6) is 0.00602. The molecule has 0 spiro atoms. The maximum absolute atomic E-state index is 13.1. The Morgan fingerprint density at radius 2 is 1.77 bits per heavy atom. The molecule has 0 aliphatic carbocycles. The minimum absolute atomic E-state index is 0.0171. The van der Waals surface area contributed by atoms with Gasteiger partial charge in [-0.3, -0.25) is 9.59 Å². The summed E-state index contributed by atoms with van der Waals surface area (Å²) in [6, 6.07) is 11.4. The van der Waals surface area contributed by atoms with E-state index < -0.39 is 0 Å². The smallest absolute Gasteiger partial charge is 0.253 e. The number of benzene rings is 2. The SMILES string of the molecule is CC1CCN(c2ccc(NC(=O)Cc3ccc(F)cc3)cc2C(=O)NC(C)C)CC1. The van der Waals surface area contributed by atoms with Gasteiger partial charge >= 0.3 is 0 Å². The first-order chi connectivity index (χ1) is 14.3. The van der Waals surface area contributed by atoms with E-state index in [0.29, 0.717) is 17.2 Å². The molecule has 1 saturated heterocycles. The number of hydrogen-bond acceptors (Lipinski definition) is 3. The Morgan fingerprint density at radius 3 is 2.40 bits per heavy atom. The molecule has 5 nitrogen and oxygen atoms in total. The van der Waals surface area contributed by atoms with E-state index in [2.05, 4.69) is 22.5 Å². The van der Waals surface area contributed by atoms with E-state index in [0.717, 1.165) is 37.2 Å². The fraction of sp³-hybridized carbons (Fsp3) is 0.417. The highest BCUT2D eigenvalue weighted by molar-refractivity contribution is 6.02. The predicted molar refractivity (Wildman–Crippen MR) is 118 cm³/mol. The van der Waals surface area contributed by atoms with Crippen molar-refractivity contribution in [1.29, 1.82) is 0 Å². The number of anilines is 2. The van der Waals surface area contributed by atoms with Gasteiger partial charge in [-0.05, 0) is 68.5 Å². The molecule has 0 aromatic heterocycles. The van der Waals surface area contributed by atoms with Gasteiger partial charge in [0.05, 0.1) is 12.0 Å². The molecule has 1 aliphatic heterocycles. The van der Waals surface area contributed by atoms with E-state index >= 15 is 0 Å². The van der Waals surface area contributed by atoms with Crippen molar-refractivity contribution in [3.05, 3.63) is 59.4 Å². The zero-order valence-electron chi connectivity index (χ0n) is 17.9. The number of nitrogens with zero attached hydrogens (tertiary/aromatic N) is 1. The highest BCUT2D eigenvalue weighted by Crippen LogP contribution is 2.29. The number of rotatable bonds is 6. The van der Waals surface area contributed by atoms with Gasteiger partial charge < -0.3 is 15.5 Å². The molecule has 0 radical (unpaired) electrons. The van der Waals surface area contributed by atoms with Crippen molar-refractivity contribution in [2.24, 2.45) is 5.92 Å². The van der Waals surface area contributed by atoms with Crippen molar-refractivity contribution >= 4 is 23.2 Å². The van der Waals surface area contributed by atoms with Crippen LogP contribution in [0.5, 0.6) is 0 Å². The van der Waals surface area contributed by atoms with Crippen molar-refractivity contribution < 1.29 is 14.0 Å². The molecule has 0 saturated carbocycles. The summed E-state index contributed by atoms with van der Waals surface area (Å²) in [4.78, 5) is 27.5. The van der Waals surface area contributed by atoms with E-state index in [1.165, 1.54) is 12.1 Å². The van der Waals surface area contributed by atoms with Gasteiger partial charge in [0.1, 0.15) is 5.82 Å². The number of hydrogen-bond donors (Lipinski definition) is 2. The van der Waals surface area contributed by atoms with E-state index in [-0.39, 0.29) is 30.1 Å². The molecule has 1 aliphatic rings. The third kappa shape index (κ3) is 5.81. The Morgan fingerprint density at radius 1 is 1.10 bits per heavy atom. The second-order valence-electron chi connectivity index (χ2n) is 8.38. The lowest BCUT2D eigenvalue weighted by Gasteiger charge is -2.33. The molecular weight excluding hydrogens is 381 g/mol. The molecule has 2 aromatic carbocycles. The Kier molecular flexibility index (Phi) is 7.08. The van der Waals surface area contributed by atoms with E-state index in [1.807, 2.05) is 26.0 Å². The van der Waals surface area contributed by atoms with Crippen molar-refractivity contribution in [3.63, 3.8) is 0 Å². The van der Waals surface area contributed by atoms with Gasteiger partial charge in [-0.25, -0.2) is 4.39 Å². The number of nitrogens with one attached hydrogen (secondary N) is 2. The molecule has 6 heteroatoms. The molecule has 2 aromatic rings.